The van der Waals surface area contributed by atoms with Gasteiger partial charge in [0, 0.05) is 6.61 Å². The largest absolute Gasteiger partial charge is 0.512 e. The molecule has 0 bridgehead atoms. The van der Waals surface area contributed by atoms with E-state index in [2.05, 4.69) is 0 Å². The molecule has 1 aliphatic rings. The highest BCUT2D eigenvalue weighted by Gasteiger charge is 2.36. The van der Waals surface area contributed by atoms with Gasteiger partial charge >= 0.3 is 0 Å². The molecule has 1 aliphatic carbocycles. The number of allylic oxidation sites excluding steroid dienone is 2. The standard InChI is InChI=1S/C9H14O3/c1-9(5-6-10)7(11)3-2-4-8(9)12/h2-4,7,10-12H,5-6H2,1H3. The van der Waals surface area contributed by atoms with Gasteiger partial charge in [0.1, 0.15) is 5.76 Å². The molecule has 0 saturated heterocycles. The lowest BCUT2D eigenvalue weighted by atomic mass is 9.77. The fourth-order valence-electron chi connectivity index (χ4n) is 1.31. The number of aliphatic hydroxyl groups is 3. The number of aliphatic hydroxyl groups excluding tert-OH is 3. The Balaban J connectivity index is 2.86. The molecule has 0 amide bonds. The Morgan fingerprint density at radius 2 is 2.25 bits per heavy atom. The fraction of sp³-hybridized carbons (Fsp3) is 0.556. The van der Waals surface area contributed by atoms with Crippen molar-refractivity contribution in [1.29, 1.82) is 0 Å². The van der Waals surface area contributed by atoms with Gasteiger partial charge in [0.15, 0.2) is 0 Å². The highest BCUT2D eigenvalue weighted by molar-refractivity contribution is 5.24. The Labute approximate surface area is 71.7 Å². The van der Waals surface area contributed by atoms with Gasteiger partial charge in [0.25, 0.3) is 0 Å². The van der Waals surface area contributed by atoms with Crippen LogP contribution < -0.4 is 0 Å². The Morgan fingerprint density at radius 1 is 1.58 bits per heavy atom. The molecule has 0 spiro atoms. The summed E-state index contributed by atoms with van der Waals surface area (Å²) in [6, 6.07) is 0. The van der Waals surface area contributed by atoms with Gasteiger partial charge in [-0.05, 0) is 19.4 Å². The van der Waals surface area contributed by atoms with Crippen LogP contribution in [0.15, 0.2) is 24.0 Å². The molecule has 3 heteroatoms. The normalized spacial score (nSPS) is 34.9. The summed E-state index contributed by atoms with van der Waals surface area (Å²) in [5.41, 5.74) is -0.719. The predicted octanol–water partition coefficient (Wildman–Crippen LogP) is 0.748. The van der Waals surface area contributed by atoms with E-state index in [1.54, 1.807) is 25.2 Å². The first-order valence-electron chi connectivity index (χ1n) is 3.98. The lowest BCUT2D eigenvalue weighted by molar-refractivity contribution is 0.0452. The van der Waals surface area contributed by atoms with E-state index < -0.39 is 11.5 Å². The third-order valence-electron chi connectivity index (χ3n) is 2.42. The SMILES string of the molecule is CC1(CCO)C(O)=CC=CC1O. The Kier molecular flexibility index (Phi) is 2.55. The van der Waals surface area contributed by atoms with Gasteiger partial charge in [-0.15, -0.1) is 0 Å². The van der Waals surface area contributed by atoms with E-state index in [-0.39, 0.29) is 12.4 Å². The smallest absolute Gasteiger partial charge is 0.101 e. The highest BCUT2D eigenvalue weighted by Crippen LogP contribution is 2.35. The van der Waals surface area contributed by atoms with Crippen molar-refractivity contribution in [3.05, 3.63) is 24.0 Å². The molecule has 68 valence electrons. The summed E-state index contributed by atoms with van der Waals surface area (Å²) in [5, 5.41) is 27.7. The van der Waals surface area contributed by atoms with Crippen molar-refractivity contribution in [2.75, 3.05) is 6.61 Å². The summed E-state index contributed by atoms with van der Waals surface area (Å²) in [5.74, 6) is 0.131. The summed E-state index contributed by atoms with van der Waals surface area (Å²) in [6.45, 7) is 1.68. The van der Waals surface area contributed by atoms with Crippen molar-refractivity contribution >= 4 is 0 Å². The first-order valence-corrected chi connectivity index (χ1v) is 3.98. The second kappa shape index (κ2) is 3.29. The molecular formula is C9H14O3. The maximum absolute atomic E-state index is 9.53. The molecule has 3 N–H and O–H groups in total. The highest BCUT2D eigenvalue weighted by atomic mass is 16.3. The van der Waals surface area contributed by atoms with Crippen LogP contribution >= 0.6 is 0 Å². The van der Waals surface area contributed by atoms with Gasteiger partial charge in [0.2, 0.25) is 0 Å². The van der Waals surface area contributed by atoms with Gasteiger partial charge in [-0.3, -0.25) is 0 Å². The van der Waals surface area contributed by atoms with E-state index in [1.807, 2.05) is 0 Å². The topological polar surface area (TPSA) is 60.7 Å². The van der Waals surface area contributed by atoms with Crippen LogP contribution in [0, 0.1) is 5.41 Å². The van der Waals surface area contributed by atoms with Crippen molar-refractivity contribution in [2.24, 2.45) is 5.41 Å². The molecule has 0 saturated carbocycles. The van der Waals surface area contributed by atoms with Crippen molar-refractivity contribution in [3.63, 3.8) is 0 Å². The molecule has 3 nitrogen and oxygen atoms in total. The van der Waals surface area contributed by atoms with E-state index in [4.69, 9.17) is 5.11 Å². The van der Waals surface area contributed by atoms with E-state index >= 15 is 0 Å². The zero-order valence-corrected chi connectivity index (χ0v) is 7.07. The van der Waals surface area contributed by atoms with Gasteiger partial charge in [0.05, 0.1) is 11.5 Å². The zero-order valence-electron chi connectivity index (χ0n) is 7.07. The first-order chi connectivity index (χ1) is 5.61. The third-order valence-corrected chi connectivity index (χ3v) is 2.42. The average molecular weight is 170 g/mol. The van der Waals surface area contributed by atoms with E-state index in [1.165, 1.54) is 0 Å². The molecule has 0 radical (unpaired) electrons. The summed E-state index contributed by atoms with van der Waals surface area (Å²) in [4.78, 5) is 0. The third kappa shape index (κ3) is 1.38. The maximum atomic E-state index is 9.53. The van der Waals surface area contributed by atoms with Crippen LogP contribution in [0.3, 0.4) is 0 Å². The summed E-state index contributed by atoms with van der Waals surface area (Å²) in [7, 11) is 0. The van der Waals surface area contributed by atoms with Crippen molar-refractivity contribution in [2.45, 2.75) is 19.4 Å². The van der Waals surface area contributed by atoms with E-state index in [9.17, 15) is 10.2 Å². The lowest BCUT2D eigenvalue weighted by Gasteiger charge is -2.33. The van der Waals surface area contributed by atoms with Crippen LogP contribution in [0.5, 0.6) is 0 Å². The average Bonchev–Trinajstić information content (AvgIpc) is 2.02. The minimum Gasteiger partial charge on any atom is -0.512 e. The van der Waals surface area contributed by atoms with E-state index in [0.29, 0.717) is 6.42 Å². The minimum atomic E-state index is -0.719. The number of hydrogen-bond donors (Lipinski definition) is 3. The van der Waals surface area contributed by atoms with Crippen LogP contribution in [0.2, 0.25) is 0 Å². The van der Waals surface area contributed by atoms with Crippen molar-refractivity contribution in [3.8, 4) is 0 Å². The minimum absolute atomic E-state index is 0.0424. The molecule has 1 rings (SSSR count). The van der Waals surface area contributed by atoms with Crippen LogP contribution in [0.25, 0.3) is 0 Å². The maximum Gasteiger partial charge on any atom is 0.101 e. The van der Waals surface area contributed by atoms with E-state index in [0.717, 1.165) is 0 Å². The molecule has 2 unspecified atom stereocenters. The predicted molar refractivity (Wildman–Crippen MR) is 45.7 cm³/mol. The van der Waals surface area contributed by atoms with Gasteiger partial charge < -0.3 is 15.3 Å². The second-order valence-electron chi connectivity index (χ2n) is 3.27. The van der Waals surface area contributed by atoms with Gasteiger partial charge in [-0.1, -0.05) is 12.2 Å². The molecule has 0 fully saturated rings. The molecule has 0 aromatic rings. The monoisotopic (exact) mass is 170 g/mol. The van der Waals surface area contributed by atoms with Crippen molar-refractivity contribution in [1.82, 2.24) is 0 Å². The molecule has 0 aliphatic heterocycles. The molecule has 0 aromatic carbocycles. The van der Waals surface area contributed by atoms with Crippen LogP contribution in [-0.4, -0.2) is 28.0 Å². The van der Waals surface area contributed by atoms with Gasteiger partial charge in [-0.2, -0.15) is 0 Å². The lowest BCUT2D eigenvalue weighted by Crippen LogP contribution is -2.35. The molecule has 0 aromatic heterocycles. The van der Waals surface area contributed by atoms with Crippen molar-refractivity contribution < 1.29 is 15.3 Å². The fourth-order valence-corrected chi connectivity index (χ4v) is 1.31. The Bertz CT molecular complexity index is 220. The molecule has 0 heterocycles. The summed E-state index contributed by atoms with van der Waals surface area (Å²) >= 11 is 0. The molecule has 2 atom stereocenters. The van der Waals surface area contributed by atoms with Gasteiger partial charge in [-0.25, -0.2) is 0 Å². The Hall–Kier alpha value is -0.800. The van der Waals surface area contributed by atoms with Crippen LogP contribution in [0.1, 0.15) is 13.3 Å². The molecule has 12 heavy (non-hydrogen) atoms. The second-order valence-corrected chi connectivity index (χ2v) is 3.27. The molecular weight excluding hydrogens is 156 g/mol. The zero-order chi connectivity index (χ0) is 9.19. The number of rotatable bonds is 2. The summed E-state index contributed by atoms with van der Waals surface area (Å²) < 4.78 is 0. The van der Waals surface area contributed by atoms with Crippen LogP contribution in [0.4, 0.5) is 0 Å². The summed E-state index contributed by atoms with van der Waals surface area (Å²) in [6.07, 6.45) is 4.41. The first kappa shape index (κ1) is 9.29. The Morgan fingerprint density at radius 3 is 2.75 bits per heavy atom. The number of hydrogen-bond acceptors (Lipinski definition) is 3. The quantitative estimate of drug-likeness (QED) is 0.573. The van der Waals surface area contributed by atoms with Crippen LogP contribution in [-0.2, 0) is 0 Å².